The van der Waals surface area contributed by atoms with Crippen LogP contribution in [0.15, 0.2) is 30.0 Å². The van der Waals surface area contributed by atoms with Crippen LogP contribution in [0.25, 0.3) is 17.0 Å². The molecule has 0 radical (unpaired) electrons. The summed E-state index contributed by atoms with van der Waals surface area (Å²) in [5.41, 5.74) is 3.44. The van der Waals surface area contributed by atoms with Crippen molar-refractivity contribution in [2.24, 2.45) is 0 Å². The molecule has 6 nitrogen and oxygen atoms in total. The second-order valence-electron chi connectivity index (χ2n) is 6.16. The van der Waals surface area contributed by atoms with E-state index in [2.05, 4.69) is 40.7 Å². The van der Waals surface area contributed by atoms with Gasteiger partial charge in [-0.3, -0.25) is 10.1 Å². The van der Waals surface area contributed by atoms with Crippen molar-refractivity contribution in [1.82, 2.24) is 15.6 Å². The Morgan fingerprint density at radius 2 is 2.04 bits per heavy atom. The molecule has 1 aromatic carbocycles. The minimum Gasteiger partial charge on any atom is -0.378 e. The Labute approximate surface area is 150 Å². The molecule has 0 saturated carbocycles. The van der Waals surface area contributed by atoms with Gasteiger partial charge < -0.3 is 15.0 Å². The number of carbonyl (C=O) groups is 1. The van der Waals surface area contributed by atoms with Crippen molar-refractivity contribution in [3.8, 4) is 0 Å². The van der Waals surface area contributed by atoms with Crippen molar-refractivity contribution in [3.05, 3.63) is 41.1 Å². The normalized spacial score (nSPS) is 19.4. The number of amides is 1. The van der Waals surface area contributed by atoms with Crippen LogP contribution in [0.1, 0.15) is 11.1 Å². The highest BCUT2D eigenvalue weighted by Gasteiger charge is 2.22. The smallest absolute Gasteiger partial charge is 0.273 e. The molecule has 2 aliphatic rings. The first kappa shape index (κ1) is 16.0. The summed E-state index contributed by atoms with van der Waals surface area (Å²) < 4.78 is 5.45. The van der Waals surface area contributed by atoms with Gasteiger partial charge in [-0.15, -0.1) is 0 Å². The van der Waals surface area contributed by atoms with Crippen molar-refractivity contribution < 1.29 is 9.53 Å². The summed E-state index contributed by atoms with van der Waals surface area (Å²) in [7, 11) is 0. The fourth-order valence-corrected chi connectivity index (χ4v) is 3.28. The second-order valence-corrected chi connectivity index (χ2v) is 6.57. The first-order chi connectivity index (χ1) is 12.1. The zero-order chi connectivity index (χ0) is 17.4. The maximum atomic E-state index is 12.0. The number of hydrogen-bond donors (Lipinski definition) is 2. The Balaban J connectivity index is 1.85. The van der Waals surface area contributed by atoms with Crippen LogP contribution in [0.3, 0.4) is 0 Å². The number of benzene rings is 1. The van der Waals surface area contributed by atoms with E-state index in [1.165, 1.54) is 5.56 Å². The molecule has 0 unspecified atom stereocenters. The molecule has 2 saturated heterocycles. The Morgan fingerprint density at radius 3 is 2.76 bits per heavy atom. The van der Waals surface area contributed by atoms with E-state index in [1.807, 2.05) is 12.1 Å². The van der Waals surface area contributed by atoms with Gasteiger partial charge >= 0.3 is 0 Å². The van der Waals surface area contributed by atoms with Crippen LogP contribution in [0.2, 0.25) is 0 Å². The topological polar surface area (TPSA) is 66.5 Å². The minimum atomic E-state index is -0.220. The minimum absolute atomic E-state index is 0.220. The lowest BCUT2D eigenvalue weighted by Gasteiger charge is -2.29. The summed E-state index contributed by atoms with van der Waals surface area (Å²) in [5, 5.41) is 6.87. The second kappa shape index (κ2) is 6.42. The van der Waals surface area contributed by atoms with Gasteiger partial charge in [0.2, 0.25) is 0 Å². The van der Waals surface area contributed by atoms with Crippen molar-refractivity contribution in [2.75, 3.05) is 31.2 Å². The third-order valence-corrected chi connectivity index (χ3v) is 4.51. The number of carbonyl (C=O) groups excluding carboxylic acids is 1. The molecular formula is C18H18N4O2S. The SMILES string of the molecule is Cc1ccc2nc(N3CCOCC3)c(C=C3NC(=S)NC3=O)cc2c1. The number of thiocarbonyl (C=S) groups is 1. The molecule has 0 aliphatic carbocycles. The predicted molar refractivity (Wildman–Crippen MR) is 101 cm³/mol. The highest BCUT2D eigenvalue weighted by molar-refractivity contribution is 7.80. The zero-order valence-electron chi connectivity index (χ0n) is 13.8. The lowest BCUT2D eigenvalue weighted by Crippen LogP contribution is -2.37. The Bertz CT molecular complexity index is 903. The number of pyridine rings is 1. The van der Waals surface area contributed by atoms with Crippen molar-refractivity contribution in [2.45, 2.75) is 6.92 Å². The van der Waals surface area contributed by atoms with Crippen molar-refractivity contribution in [3.63, 3.8) is 0 Å². The van der Waals surface area contributed by atoms with Crippen LogP contribution in [-0.4, -0.2) is 42.3 Å². The monoisotopic (exact) mass is 354 g/mol. The molecule has 0 bridgehead atoms. The van der Waals surface area contributed by atoms with Gasteiger partial charge in [0.15, 0.2) is 5.11 Å². The summed E-state index contributed by atoms with van der Waals surface area (Å²) in [6.07, 6.45) is 1.81. The molecule has 3 heterocycles. The van der Waals surface area contributed by atoms with Crippen LogP contribution in [0.4, 0.5) is 5.82 Å². The van der Waals surface area contributed by atoms with Gasteiger partial charge in [-0.05, 0) is 43.4 Å². The first-order valence-electron chi connectivity index (χ1n) is 8.18. The number of morpholine rings is 1. The number of aromatic nitrogens is 1. The van der Waals surface area contributed by atoms with E-state index in [9.17, 15) is 4.79 Å². The summed E-state index contributed by atoms with van der Waals surface area (Å²) in [6.45, 7) is 4.95. The molecule has 0 atom stereocenters. The highest BCUT2D eigenvalue weighted by atomic mass is 32.1. The summed E-state index contributed by atoms with van der Waals surface area (Å²) in [6, 6.07) is 8.26. The third kappa shape index (κ3) is 3.20. The maximum absolute atomic E-state index is 12.0. The quantitative estimate of drug-likeness (QED) is 0.632. The van der Waals surface area contributed by atoms with Crippen LogP contribution in [0, 0.1) is 6.92 Å². The average molecular weight is 354 g/mol. The number of anilines is 1. The van der Waals surface area contributed by atoms with E-state index in [-0.39, 0.29) is 5.91 Å². The molecule has 1 amide bonds. The van der Waals surface area contributed by atoms with Crippen LogP contribution >= 0.6 is 12.2 Å². The Morgan fingerprint density at radius 1 is 1.24 bits per heavy atom. The summed E-state index contributed by atoms with van der Waals surface area (Å²) in [5.74, 6) is 0.641. The van der Waals surface area contributed by atoms with E-state index in [4.69, 9.17) is 21.9 Å². The van der Waals surface area contributed by atoms with Gasteiger partial charge in [0.1, 0.15) is 11.5 Å². The predicted octanol–water partition coefficient (Wildman–Crippen LogP) is 1.73. The van der Waals surface area contributed by atoms with Gasteiger partial charge in [-0.25, -0.2) is 4.98 Å². The van der Waals surface area contributed by atoms with Gasteiger partial charge in [-0.1, -0.05) is 11.6 Å². The number of fused-ring (bicyclic) bond motifs is 1. The molecule has 4 rings (SSSR count). The molecule has 128 valence electrons. The number of nitrogens with one attached hydrogen (secondary N) is 2. The Hall–Kier alpha value is -2.51. The average Bonchev–Trinajstić information content (AvgIpc) is 2.92. The lowest BCUT2D eigenvalue weighted by molar-refractivity contribution is -0.115. The van der Waals surface area contributed by atoms with E-state index < -0.39 is 0 Å². The molecule has 2 aromatic rings. The molecule has 2 fully saturated rings. The van der Waals surface area contributed by atoms with E-state index in [0.717, 1.165) is 35.4 Å². The van der Waals surface area contributed by atoms with E-state index in [1.54, 1.807) is 0 Å². The number of ether oxygens (including phenoxy) is 1. The van der Waals surface area contributed by atoms with Gasteiger partial charge in [0.05, 0.1) is 18.7 Å². The van der Waals surface area contributed by atoms with E-state index in [0.29, 0.717) is 24.0 Å². The summed E-state index contributed by atoms with van der Waals surface area (Å²) >= 11 is 5.02. The number of nitrogens with zero attached hydrogens (tertiary/aromatic N) is 2. The maximum Gasteiger partial charge on any atom is 0.273 e. The molecular weight excluding hydrogens is 336 g/mol. The molecule has 2 N–H and O–H groups in total. The third-order valence-electron chi connectivity index (χ3n) is 4.31. The number of hydrogen-bond acceptors (Lipinski definition) is 5. The van der Waals surface area contributed by atoms with E-state index >= 15 is 0 Å². The van der Waals surface area contributed by atoms with Crippen LogP contribution in [-0.2, 0) is 9.53 Å². The van der Waals surface area contributed by atoms with Gasteiger partial charge in [0.25, 0.3) is 5.91 Å². The van der Waals surface area contributed by atoms with Crippen molar-refractivity contribution >= 4 is 46.0 Å². The van der Waals surface area contributed by atoms with Crippen LogP contribution < -0.4 is 15.5 Å². The standard InChI is InChI=1S/C18H18N4O2S/c1-11-2-3-14-12(8-11)9-13(10-15-17(23)21-18(25)20-15)16(19-14)22-4-6-24-7-5-22/h2-3,8-10H,4-7H2,1H3,(H2,20,21,23,25). The molecule has 7 heteroatoms. The fraction of sp³-hybridized carbons (Fsp3) is 0.278. The van der Waals surface area contributed by atoms with Crippen LogP contribution in [0.5, 0.6) is 0 Å². The highest BCUT2D eigenvalue weighted by Crippen LogP contribution is 2.27. The zero-order valence-corrected chi connectivity index (χ0v) is 14.7. The molecule has 1 aromatic heterocycles. The fourth-order valence-electron chi connectivity index (χ4n) is 3.07. The molecule has 2 aliphatic heterocycles. The summed E-state index contributed by atoms with van der Waals surface area (Å²) in [4.78, 5) is 19.1. The molecule has 25 heavy (non-hydrogen) atoms. The van der Waals surface area contributed by atoms with Crippen molar-refractivity contribution in [1.29, 1.82) is 0 Å². The lowest BCUT2D eigenvalue weighted by atomic mass is 10.1. The first-order valence-corrected chi connectivity index (χ1v) is 8.59. The molecule has 0 spiro atoms. The van der Waals surface area contributed by atoms with Gasteiger partial charge in [-0.2, -0.15) is 0 Å². The number of aryl methyl sites for hydroxylation is 1. The Kier molecular flexibility index (Phi) is 4.10. The largest absolute Gasteiger partial charge is 0.378 e. The van der Waals surface area contributed by atoms with Gasteiger partial charge in [0, 0.05) is 24.0 Å². The number of rotatable bonds is 2.